The molecule has 0 bridgehead atoms. The highest BCUT2D eigenvalue weighted by atomic mass is 35.5. The van der Waals surface area contributed by atoms with Crippen LogP contribution in [0, 0.1) is 5.82 Å². The summed E-state index contributed by atoms with van der Waals surface area (Å²) < 4.78 is 18.5. The van der Waals surface area contributed by atoms with Crippen molar-refractivity contribution in [2.45, 2.75) is 31.2 Å². The van der Waals surface area contributed by atoms with Crippen molar-refractivity contribution in [1.29, 1.82) is 0 Å². The number of benzene rings is 2. The smallest absolute Gasteiger partial charge is 0.323 e. The van der Waals surface area contributed by atoms with Gasteiger partial charge in [0.15, 0.2) is 0 Å². The van der Waals surface area contributed by atoms with Crippen molar-refractivity contribution in [3.05, 3.63) is 65.5 Å². The monoisotopic (exact) mass is 509 g/mol. The molecule has 2 atom stereocenters. The van der Waals surface area contributed by atoms with Crippen LogP contribution in [-0.2, 0) is 27.2 Å². The van der Waals surface area contributed by atoms with E-state index < -0.39 is 23.4 Å². The molecule has 2 rings (SSSR count). The van der Waals surface area contributed by atoms with Gasteiger partial charge in [0, 0.05) is 30.5 Å². The number of carbonyl (C=O) groups is 2. The third-order valence-electron chi connectivity index (χ3n) is 5.40. The molecular formula is C24H31BCl2FN3O3. The van der Waals surface area contributed by atoms with Crippen LogP contribution in [0.1, 0.15) is 18.1 Å². The van der Waals surface area contributed by atoms with Gasteiger partial charge < -0.3 is 20.7 Å². The third-order valence-corrected chi connectivity index (χ3v) is 5.74. The predicted octanol–water partition coefficient (Wildman–Crippen LogP) is 2.23. The van der Waals surface area contributed by atoms with Crippen LogP contribution in [0.15, 0.2) is 48.5 Å². The lowest BCUT2D eigenvalue weighted by Crippen LogP contribution is -2.60. The minimum Gasteiger partial charge on any atom is -0.465 e. The van der Waals surface area contributed by atoms with E-state index in [0.29, 0.717) is 30.4 Å². The van der Waals surface area contributed by atoms with Crippen molar-refractivity contribution in [1.82, 2.24) is 5.32 Å². The summed E-state index contributed by atoms with van der Waals surface area (Å²) in [6.45, 7) is 3.21. The molecule has 0 aromatic heterocycles. The zero-order valence-corrected chi connectivity index (χ0v) is 21.0. The lowest BCUT2D eigenvalue weighted by Gasteiger charge is -2.30. The fourth-order valence-electron chi connectivity index (χ4n) is 3.60. The Morgan fingerprint density at radius 2 is 1.65 bits per heavy atom. The number of nitrogens with one attached hydrogen (secondary N) is 1. The van der Waals surface area contributed by atoms with E-state index >= 15 is 0 Å². The van der Waals surface area contributed by atoms with Gasteiger partial charge in [-0.2, -0.15) is 0 Å². The molecule has 6 nitrogen and oxygen atoms in total. The van der Waals surface area contributed by atoms with Crippen LogP contribution in [0.5, 0.6) is 0 Å². The number of hydrogen-bond donors (Lipinski definition) is 2. The highest BCUT2D eigenvalue weighted by molar-refractivity contribution is 6.28. The molecule has 0 fully saturated rings. The minimum atomic E-state index is -1.35. The maximum atomic E-state index is 13.3. The molecule has 0 saturated heterocycles. The highest BCUT2D eigenvalue weighted by Gasteiger charge is 2.37. The Bertz CT molecular complexity index is 928. The number of ether oxygens (including phenoxy) is 1. The van der Waals surface area contributed by atoms with Crippen LogP contribution in [-0.4, -0.2) is 62.7 Å². The summed E-state index contributed by atoms with van der Waals surface area (Å²) in [5.41, 5.74) is 7.37. The molecule has 2 aromatic rings. The normalized spacial score (nSPS) is 13.6. The Labute approximate surface area is 211 Å². The second-order valence-corrected chi connectivity index (χ2v) is 8.94. The number of anilines is 1. The number of alkyl halides is 2. The van der Waals surface area contributed by atoms with E-state index in [1.807, 2.05) is 24.3 Å². The summed E-state index contributed by atoms with van der Waals surface area (Å²) in [5, 5.41) is 2.75. The van der Waals surface area contributed by atoms with Gasteiger partial charge in [-0.1, -0.05) is 24.3 Å². The first kappa shape index (κ1) is 28.0. The largest absolute Gasteiger partial charge is 0.465 e. The fourth-order valence-corrected chi connectivity index (χ4v) is 4.00. The zero-order chi connectivity index (χ0) is 25.1. The van der Waals surface area contributed by atoms with Crippen molar-refractivity contribution >= 4 is 48.6 Å². The number of halogens is 3. The van der Waals surface area contributed by atoms with E-state index in [1.54, 1.807) is 26.9 Å². The Hall–Kier alpha value is -2.29. The van der Waals surface area contributed by atoms with Crippen LogP contribution < -0.4 is 16.0 Å². The van der Waals surface area contributed by atoms with E-state index in [1.165, 1.54) is 12.1 Å². The molecule has 2 aromatic carbocycles. The molecular weight excluding hydrogens is 479 g/mol. The summed E-state index contributed by atoms with van der Waals surface area (Å²) in [4.78, 5) is 27.7. The fraction of sp³-hybridized carbons (Fsp3) is 0.417. The van der Waals surface area contributed by atoms with E-state index in [2.05, 4.69) is 10.2 Å². The molecule has 0 saturated carbocycles. The number of hydrogen-bond acceptors (Lipinski definition) is 5. The highest BCUT2D eigenvalue weighted by Crippen LogP contribution is 2.18. The molecule has 0 aliphatic carbocycles. The number of carbonyl (C=O) groups excluding carboxylic acids is 2. The number of nitrogens with zero attached hydrogens (tertiary/aromatic N) is 1. The molecule has 3 N–H and O–H groups in total. The van der Waals surface area contributed by atoms with Gasteiger partial charge in [-0.05, 0) is 55.2 Å². The molecule has 1 amide bonds. The van der Waals surface area contributed by atoms with Gasteiger partial charge in [0.05, 0.1) is 12.6 Å². The lowest BCUT2D eigenvalue weighted by atomic mass is 9.72. The van der Waals surface area contributed by atoms with Crippen molar-refractivity contribution in [3.8, 4) is 0 Å². The lowest BCUT2D eigenvalue weighted by molar-refractivity contribution is -0.149. The standard InChI is InChI=1S/C24H31BCl2FN3O3/c1-2-34-23(33)24(25,16-18-3-7-19(28)8-4-18)30-22(32)21(29)15-17-5-9-20(10-6-17)31(13-11-26)14-12-27/h3-10,21H,2,11-16,25,29H2,1H3,(H,30,32). The number of rotatable bonds is 13. The van der Waals surface area contributed by atoms with Gasteiger partial charge in [-0.3, -0.25) is 9.59 Å². The molecule has 0 heterocycles. The summed E-state index contributed by atoms with van der Waals surface area (Å²) >= 11 is 11.7. The molecule has 10 heteroatoms. The second-order valence-electron chi connectivity index (χ2n) is 8.19. The molecule has 0 spiro atoms. The Morgan fingerprint density at radius 3 is 2.18 bits per heavy atom. The van der Waals surface area contributed by atoms with Crippen LogP contribution in [0.2, 0.25) is 0 Å². The Kier molecular flexibility index (Phi) is 11.2. The average molecular weight is 510 g/mol. The van der Waals surface area contributed by atoms with Crippen LogP contribution >= 0.6 is 23.2 Å². The second kappa shape index (κ2) is 13.6. The van der Waals surface area contributed by atoms with Crippen molar-refractivity contribution < 1.29 is 18.7 Å². The van der Waals surface area contributed by atoms with E-state index in [-0.39, 0.29) is 25.3 Å². The summed E-state index contributed by atoms with van der Waals surface area (Å²) in [5.74, 6) is -0.468. The summed E-state index contributed by atoms with van der Waals surface area (Å²) in [6.07, 6.45) is 0.419. The first-order valence-electron chi connectivity index (χ1n) is 11.2. The van der Waals surface area contributed by atoms with Crippen LogP contribution in [0.4, 0.5) is 10.1 Å². The van der Waals surface area contributed by atoms with Crippen molar-refractivity contribution in [3.63, 3.8) is 0 Å². The molecule has 0 aliphatic heterocycles. The van der Waals surface area contributed by atoms with Gasteiger partial charge in [-0.15, -0.1) is 23.2 Å². The zero-order valence-electron chi connectivity index (χ0n) is 19.5. The summed E-state index contributed by atoms with van der Waals surface area (Å²) in [6, 6.07) is 12.6. The predicted molar refractivity (Wildman–Crippen MR) is 138 cm³/mol. The number of nitrogens with two attached hydrogens (primary N) is 1. The van der Waals surface area contributed by atoms with Crippen LogP contribution in [0.25, 0.3) is 0 Å². The molecule has 2 unspecified atom stereocenters. The van der Waals surface area contributed by atoms with Gasteiger partial charge in [0.2, 0.25) is 5.91 Å². The van der Waals surface area contributed by atoms with Gasteiger partial charge in [0.25, 0.3) is 0 Å². The van der Waals surface area contributed by atoms with Gasteiger partial charge in [-0.25, -0.2) is 4.39 Å². The van der Waals surface area contributed by atoms with Crippen LogP contribution in [0.3, 0.4) is 0 Å². The molecule has 0 aliphatic rings. The topological polar surface area (TPSA) is 84.7 Å². The first-order valence-corrected chi connectivity index (χ1v) is 12.2. The number of amides is 1. The Balaban J connectivity index is 2.09. The van der Waals surface area contributed by atoms with E-state index in [4.69, 9.17) is 33.7 Å². The average Bonchev–Trinajstić information content (AvgIpc) is 2.81. The first-order chi connectivity index (χ1) is 16.2. The minimum absolute atomic E-state index is 0.135. The third kappa shape index (κ3) is 8.18. The quantitative estimate of drug-likeness (QED) is 0.246. The van der Waals surface area contributed by atoms with Gasteiger partial charge >= 0.3 is 5.97 Å². The van der Waals surface area contributed by atoms with Crippen molar-refractivity contribution in [2.75, 3.05) is 36.4 Å². The van der Waals surface area contributed by atoms with E-state index in [9.17, 15) is 14.0 Å². The van der Waals surface area contributed by atoms with Crippen molar-refractivity contribution in [2.24, 2.45) is 5.73 Å². The summed E-state index contributed by atoms with van der Waals surface area (Å²) in [7, 11) is 1.58. The van der Waals surface area contributed by atoms with Gasteiger partial charge in [0.1, 0.15) is 19.1 Å². The maximum absolute atomic E-state index is 13.3. The molecule has 0 radical (unpaired) electrons. The SMILES string of the molecule is BC(Cc1ccc(F)cc1)(NC(=O)C(N)Cc1ccc(N(CCCl)CCCl)cc1)C(=O)OCC. The molecule has 184 valence electrons. The molecule has 34 heavy (non-hydrogen) atoms. The number of esters is 1. The van der Waals surface area contributed by atoms with E-state index in [0.717, 1.165) is 11.3 Å². The Morgan fingerprint density at radius 1 is 1.09 bits per heavy atom. The maximum Gasteiger partial charge on any atom is 0.323 e.